The van der Waals surface area contributed by atoms with Crippen LogP contribution in [0.15, 0.2) is 4.52 Å². The fraction of sp³-hybridized carbons (Fsp3) is 0.688. The molecule has 1 saturated heterocycles. The lowest BCUT2D eigenvalue weighted by Crippen LogP contribution is -2.27. The second-order valence-electron chi connectivity index (χ2n) is 7.25. The van der Waals surface area contributed by atoms with Crippen molar-refractivity contribution in [1.82, 2.24) is 35.5 Å². The van der Waals surface area contributed by atoms with E-state index in [0.717, 1.165) is 43.9 Å². The highest BCUT2D eigenvalue weighted by Gasteiger charge is 2.34. The van der Waals surface area contributed by atoms with Crippen LogP contribution in [0.1, 0.15) is 78.6 Å². The Morgan fingerprint density at radius 3 is 2.92 bits per heavy atom. The van der Waals surface area contributed by atoms with Gasteiger partial charge in [-0.1, -0.05) is 5.16 Å². The summed E-state index contributed by atoms with van der Waals surface area (Å²) in [5, 5.41) is 14.1. The van der Waals surface area contributed by atoms with Gasteiger partial charge < -0.3 is 9.84 Å². The van der Waals surface area contributed by atoms with Crippen LogP contribution in [-0.4, -0.2) is 48.7 Å². The second kappa shape index (κ2) is 5.91. The van der Waals surface area contributed by atoms with Crippen molar-refractivity contribution >= 4 is 5.91 Å². The molecule has 1 unspecified atom stereocenters. The molecular formula is C16H21N7O2. The van der Waals surface area contributed by atoms with Crippen LogP contribution in [-0.2, 0) is 6.54 Å². The van der Waals surface area contributed by atoms with Crippen molar-refractivity contribution in [2.75, 3.05) is 6.54 Å². The van der Waals surface area contributed by atoms with E-state index in [4.69, 9.17) is 4.52 Å². The molecule has 2 saturated carbocycles. The third-order valence-corrected chi connectivity index (χ3v) is 5.05. The number of likely N-dealkylation sites (tertiary alicyclic amines) is 1. The number of amides is 1. The van der Waals surface area contributed by atoms with Crippen LogP contribution in [0.5, 0.6) is 0 Å². The van der Waals surface area contributed by atoms with E-state index in [0.29, 0.717) is 18.4 Å². The van der Waals surface area contributed by atoms with E-state index < -0.39 is 0 Å². The minimum absolute atomic E-state index is 0.0319. The van der Waals surface area contributed by atoms with Gasteiger partial charge in [-0.05, 0) is 45.1 Å². The molecule has 3 fully saturated rings. The maximum atomic E-state index is 12.0. The summed E-state index contributed by atoms with van der Waals surface area (Å²) in [5.41, 5.74) is 0. The number of carbonyl (C=O) groups is 1. The standard InChI is InChI=1S/C16H21N7O2/c24-15(17-10-5-6-10)14-19-16(25-22-14)11-2-1-7-23(11)8-12-18-13(21-20-12)9-3-4-9/h9-11H,1-8H2,(H,17,24)(H,18,20,21). The molecule has 0 bridgehead atoms. The highest BCUT2D eigenvalue weighted by molar-refractivity contribution is 5.90. The maximum Gasteiger partial charge on any atom is 0.292 e. The first kappa shape index (κ1) is 15.0. The largest absolute Gasteiger partial charge is 0.346 e. The molecule has 5 rings (SSSR count). The van der Waals surface area contributed by atoms with Crippen molar-refractivity contribution in [3.05, 3.63) is 23.4 Å². The zero-order valence-electron chi connectivity index (χ0n) is 13.9. The van der Waals surface area contributed by atoms with Gasteiger partial charge in [-0.3, -0.25) is 14.8 Å². The summed E-state index contributed by atoms with van der Waals surface area (Å²) in [5.74, 6) is 2.75. The monoisotopic (exact) mass is 343 g/mol. The molecule has 2 aromatic heterocycles. The Labute approximate surface area is 144 Å². The summed E-state index contributed by atoms with van der Waals surface area (Å²) in [7, 11) is 0. The highest BCUT2D eigenvalue weighted by atomic mass is 16.5. The van der Waals surface area contributed by atoms with Crippen LogP contribution in [0, 0.1) is 0 Å². The lowest BCUT2D eigenvalue weighted by atomic mass is 10.2. The summed E-state index contributed by atoms with van der Waals surface area (Å²) in [6.07, 6.45) is 6.45. The number of nitrogens with one attached hydrogen (secondary N) is 2. The van der Waals surface area contributed by atoms with Gasteiger partial charge in [0.05, 0.1) is 12.6 Å². The summed E-state index contributed by atoms with van der Waals surface area (Å²) in [6, 6.07) is 0.314. The molecule has 2 aliphatic carbocycles. The highest BCUT2D eigenvalue weighted by Crippen LogP contribution is 2.38. The first-order chi connectivity index (χ1) is 12.3. The normalized spacial score (nSPS) is 23.9. The minimum Gasteiger partial charge on any atom is -0.346 e. The fourth-order valence-electron chi connectivity index (χ4n) is 3.33. The van der Waals surface area contributed by atoms with Crippen molar-refractivity contribution in [1.29, 1.82) is 0 Å². The first-order valence-corrected chi connectivity index (χ1v) is 9.06. The molecule has 2 N–H and O–H groups in total. The van der Waals surface area contributed by atoms with E-state index in [9.17, 15) is 4.79 Å². The quantitative estimate of drug-likeness (QED) is 0.812. The Morgan fingerprint density at radius 2 is 2.12 bits per heavy atom. The van der Waals surface area contributed by atoms with Gasteiger partial charge in [-0.15, -0.1) is 0 Å². The van der Waals surface area contributed by atoms with E-state index in [1.165, 1.54) is 12.8 Å². The van der Waals surface area contributed by atoms with Crippen LogP contribution >= 0.6 is 0 Å². The number of hydrogen-bond donors (Lipinski definition) is 2. The molecule has 1 atom stereocenters. The second-order valence-corrected chi connectivity index (χ2v) is 7.25. The van der Waals surface area contributed by atoms with Gasteiger partial charge in [-0.2, -0.15) is 10.1 Å². The predicted molar refractivity (Wildman–Crippen MR) is 85.5 cm³/mol. The van der Waals surface area contributed by atoms with E-state index in [2.05, 4.69) is 35.5 Å². The molecule has 0 aromatic carbocycles. The summed E-state index contributed by atoms with van der Waals surface area (Å²) >= 11 is 0. The molecule has 9 heteroatoms. The van der Waals surface area contributed by atoms with E-state index in [1.54, 1.807) is 0 Å². The Balaban J connectivity index is 1.27. The van der Waals surface area contributed by atoms with E-state index in [1.807, 2.05) is 0 Å². The molecular weight excluding hydrogens is 322 g/mol. The summed E-state index contributed by atoms with van der Waals surface area (Å²) < 4.78 is 5.38. The van der Waals surface area contributed by atoms with Gasteiger partial charge in [0.1, 0.15) is 5.82 Å². The fourth-order valence-corrected chi connectivity index (χ4v) is 3.33. The number of aromatic nitrogens is 5. The van der Waals surface area contributed by atoms with Gasteiger partial charge in [0.2, 0.25) is 5.89 Å². The van der Waals surface area contributed by atoms with Gasteiger partial charge in [0, 0.05) is 12.0 Å². The zero-order chi connectivity index (χ0) is 16.8. The topological polar surface area (TPSA) is 113 Å². The third-order valence-electron chi connectivity index (χ3n) is 5.05. The molecule has 0 spiro atoms. The number of H-pyrrole nitrogens is 1. The summed E-state index contributed by atoms with van der Waals surface area (Å²) in [4.78, 5) is 23.2. The average molecular weight is 343 g/mol. The number of rotatable bonds is 6. The van der Waals surface area contributed by atoms with Crippen LogP contribution in [0.3, 0.4) is 0 Å². The SMILES string of the molecule is O=C(NC1CC1)c1noc(C2CCCN2Cc2nc(C3CC3)n[nH]2)n1. The van der Waals surface area contributed by atoms with Crippen molar-refractivity contribution < 1.29 is 9.32 Å². The number of hydrogen-bond acceptors (Lipinski definition) is 7. The zero-order valence-corrected chi connectivity index (χ0v) is 13.9. The first-order valence-electron chi connectivity index (χ1n) is 9.06. The molecule has 3 heterocycles. The minimum atomic E-state index is -0.244. The predicted octanol–water partition coefficient (Wildman–Crippen LogP) is 1.29. The maximum absolute atomic E-state index is 12.0. The Morgan fingerprint density at radius 1 is 1.24 bits per heavy atom. The van der Waals surface area contributed by atoms with Gasteiger partial charge in [-0.25, -0.2) is 4.98 Å². The van der Waals surface area contributed by atoms with E-state index >= 15 is 0 Å². The molecule has 0 radical (unpaired) electrons. The van der Waals surface area contributed by atoms with Crippen molar-refractivity contribution in [3.8, 4) is 0 Å². The van der Waals surface area contributed by atoms with Crippen molar-refractivity contribution in [3.63, 3.8) is 0 Å². The van der Waals surface area contributed by atoms with Gasteiger partial charge >= 0.3 is 0 Å². The van der Waals surface area contributed by atoms with E-state index in [-0.39, 0.29) is 23.8 Å². The third kappa shape index (κ3) is 3.15. The van der Waals surface area contributed by atoms with Gasteiger partial charge in [0.25, 0.3) is 11.7 Å². The Bertz CT molecular complexity index is 777. The van der Waals surface area contributed by atoms with Crippen LogP contribution < -0.4 is 5.32 Å². The molecule has 1 aliphatic heterocycles. The lowest BCUT2D eigenvalue weighted by molar-refractivity contribution is 0.0937. The van der Waals surface area contributed by atoms with Crippen LogP contribution in [0.2, 0.25) is 0 Å². The molecule has 2 aromatic rings. The summed E-state index contributed by atoms with van der Waals surface area (Å²) in [6.45, 7) is 1.62. The number of aromatic amines is 1. The Kier molecular flexibility index (Phi) is 3.54. The molecule has 3 aliphatic rings. The smallest absolute Gasteiger partial charge is 0.292 e. The van der Waals surface area contributed by atoms with Crippen molar-refractivity contribution in [2.45, 2.75) is 63.1 Å². The van der Waals surface area contributed by atoms with Crippen LogP contribution in [0.4, 0.5) is 0 Å². The van der Waals surface area contributed by atoms with Crippen molar-refractivity contribution in [2.24, 2.45) is 0 Å². The molecule has 9 nitrogen and oxygen atoms in total. The number of nitrogens with zero attached hydrogens (tertiary/aromatic N) is 5. The molecule has 132 valence electrons. The number of carbonyl (C=O) groups excluding carboxylic acids is 1. The Hall–Kier alpha value is -2.29. The molecule has 25 heavy (non-hydrogen) atoms. The average Bonchev–Trinajstić information content (AvgIpc) is 3.46. The molecule has 1 amide bonds. The van der Waals surface area contributed by atoms with Crippen LogP contribution in [0.25, 0.3) is 0 Å². The lowest BCUT2D eigenvalue weighted by Gasteiger charge is -2.19. The van der Waals surface area contributed by atoms with Gasteiger partial charge in [0.15, 0.2) is 5.82 Å².